The molecule has 0 bridgehead atoms. The van der Waals surface area contributed by atoms with Crippen molar-refractivity contribution in [3.05, 3.63) is 12.2 Å². The van der Waals surface area contributed by atoms with Gasteiger partial charge in [0.05, 0.1) is 12.2 Å². The first kappa shape index (κ1) is 18.5. The minimum atomic E-state index is -0.714. The Morgan fingerprint density at radius 3 is 2.74 bits per heavy atom. The highest BCUT2D eigenvalue weighted by Crippen LogP contribution is 2.51. The first-order valence-corrected chi connectivity index (χ1v) is 9.27. The van der Waals surface area contributed by atoms with Gasteiger partial charge >= 0.3 is 5.97 Å². The maximum atomic E-state index is 10.7. The van der Waals surface area contributed by atoms with Gasteiger partial charge in [-0.15, -0.1) is 0 Å². The number of carboxylic acids is 1. The Bertz CT molecular complexity index is 406. The number of rotatable bonds is 9. The van der Waals surface area contributed by atoms with Crippen LogP contribution in [0.25, 0.3) is 0 Å². The van der Waals surface area contributed by atoms with Crippen molar-refractivity contribution in [3.8, 4) is 0 Å². The van der Waals surface area contributed by atoms with Crippen LogP contribution in [0, 0.1) is 23.7 Å². The summed E-state index contributed by atoms with van der Waals surface area (Å²) in [5, 5.41) is 29.2. The van der Waals surface area contributed by atoms with Gasteiger partial charge in [-0.1, -0.05) is 38.3 Å². The molecule has 3 N–H and O–H groups in total. The Morgan fingerprint density at radius 1 is 1.26 bits per heavy atom. The lowest BCUT2D eigenvalue weighted by molar-refractivity contribution is -0.137. The van der Waals surface area contributed by atoms with Gasteiger partial charge in [-0.2, -0.15) is 0 Å². The number of unbranched alkanes of at least 4 members (excludes halogenated alkanes) is 2. The normalized spacial score (nSPS) is 34.8. The summed E-state index contributed by atoms with van der Waals surface area (Å²) >= 11 is 0. The molecule has 0 saturated heterocycles. The van der Waals surface area contributed by atoms with E-state index in [1.807, 2.05) is 12.2 Å². The molecule has 4 heteroatoms. The van der Waals surface area contributed by atoms with Crippen molar-refractivity contribution < 1.29 is 20.1 Å². The molecule has 2 fully saturated rings. The summed E-state index contributed by atoms with van der Waals surface area (Å²) in [6.07, 6.45) is 11.2. The summed E-state index contributed by atoms with van der Waals surface area (Å²) in [6, 6.07) is 0. The lowest BCUT2D eigenvalue weighted by Gasteiger charge is -2.19. The fourth-order valence-corrected chi connectivity index (χ4v) is 4.56. The quantitative estimate of drug-likeness (QED) is 0.449. The maximum Gasteiger partial charge on any atom is 0.303 e. The zero-order chi connectivity index (χ0) is 16.8. The van der Waals surface area contributed by atoms with Crippen LogP contribution in [-0.4, -0.2) is 33.5 Å². The largest absolute Gasteiger partial charge is 0.481 e. The van der Waals surface area contributed by atoms with Crippen molar-refractivity contribution in [2.24, 2.45) is 23.7 Å². The third-order valence-corrected chi connectivity index (χ3v) is 5.76. The molecule has 2 saturated carbocycles. The van der Waals surface area contributed by atoms with E-state index in [1.54, 1.807) is 0 Å². The van der Waals surface area contributed by atoms with Gasteiger partial charge in [0.15, 0.2) is 0 Å². The molecule has 0 amide bonds. The molecule has 132 valence electrons. The van der Waals surface area contributed by atoms with E-state index in [-0.39, 0.29) is 18.4 Å². The molecule has 0 aromatic heterocycles. The Kier molecular flexibility index (Phi) is 7.09. The number of carbonyl (C=O) groups is 1. The van der Waals surface area contributed by atoms with Crippen LogP contribution in [0.15, 0.2) is 12.2 Å². The predicted molar refractivity (Wildman–Crippen MR) is 90.0 cm³/mol. The Morgan fingerprint density at radius 2 is 2.04 bits per heavy atom. The van der Waals surface area contributed by atoms with E-state index < -0.39 is 12.1 Å². The minimum Gasteiger partial charge on any atom is -0.481 e. The molecule has 6 atom stereocenters. The molecule has 0 aromatic rings. The van der Waals surface area contributed by atoms with E-state index in [0.29, 0.717) is 17.8 Å². The van der Waals surface area contributed by atoms with E-state index in [0.717, 1.165) is 51.4 Å². The summed E-state index contributed by atoms with van der Waals surface area (Å²) in [4.78, 5) is 10.7. The van der Waals surface area contributed by atoms with Crippen molar-refractivity contribution in [1.29, 1.82) is 0 Å². The van der Waals surface area contributed by atoms with E-state index >= 15 is 0 Å². The van der Waals surface area contributed by atoms with E-state index in [9.17, 15) is 15.0 Å². The third-order valence-electron chi connectivity index (χ3n) is 5.76. The number of fused-ring (bicyclic) bond motifs is 1. The number of aliphatic carboxylic acids is 1. The van der Waals surface area contributed by atoms with Crippen molar-refractivity contribution in [1.82, 2.24) is 0 Å². The Labute approximate surface area is 139 Å². The second-order valence-electron chi connectivity index (χ2n) is 7.52. The van der Waals surface area contributed by atoms with E-state index in [2.05, 4.69) is 6.92 Å². The highest BCUT2D eigenvalue weighted by Gasteiger charge is 2.46. The molecular formula is C19H32O4. The molecular weight excluding hydrogens is 292 g/mol. The minimum absolute atomic E-state index is 0.135. The second kappa shape index (κ2) is 8.84. The van der Waals surface area contributed by atoms with Gasteiger partial charge in [-0.25, -0.2) is 0 Å². The SMILES string of the molecule is CCCCC[C@H](O)/C=C/[C@@H]1[C@H]2CC(CCC(=O)O)C[C@H]2C[C@H]1O. The van der Waals surface area contributed by atoms with Gasteiger partial charge in [-0.3, -0.25) is 4.79 Å². The van der Waals surface area contributed by atoms with Crippen LogP contribution >= 0.6 is 0 Å². The highest BCUT2D eigenvalue weighted by atomic mass is 16.4. The van der Waals surface area contributed by atoms with Gasteiger partial charge in [0, 0.05) is 12.3 Å². The first-order valence-electron chi connectivity index (χ1n) is 9.27. The van der Waals surface area contributed by atoms with Crippen molar-refractivity contribution in [2.75, 3.05) is 0 Å². The number of aliphatic hydroxyl groups excluding tert-OH is 2. The number of hydrogen-bond donors (Lipinski definition) is 3. The number of hydrogen-bond acceptors (Lipinski definition) is 3. The van der Waals surface area contributed by atoms with Crippen LogP contribution in [0.2, 0.25) is 0 Å². The second-order valence-corrected chi connectivity index (χ2v) is 7.52. The molecule has 0 heterocycles. The summed E-state index contributed by atoms with van der Waals surface area (Å²) in [7, 11) is 0. The van der Waals surface area contributed by atoms with Crippen LogP contribution in [0.3, 0.4) is 0 Å². The van der Waals surface area contributed by atoms with Gasteiger partial charge in [-0.05, 0) is 49.9 Å². The highest BCUT2D eigenvalue weighted by molar-refractivity contribution is 5.66. The summed E-state index contributed by atoms with van der Waals surface area (Å²) in [5.74, 6) is 0.891. The molecule has 0 aliphatic heterocycles. The van der Waals surface area contributed by atoms with Crippen molar-refractivity contribution in [3.63, 3.8) is 0 Å². The average molecular weight is 324 g/mol. The lowest BCUT2D eigenvalue weighted by Crippen LogP contribution is -2.18. The van der Waals surface area contributed by atoms with Gasteiger partial charge < -0.3 is 15.3 Å². The summed E-state index contributed by atoms with van der Waals surface area (Å²) in [5.41, 5.74) is 0. The van der Waals surface area contributed by atoms with Gasteiger partial charge in [0.1, 0.15) is 0 Å². The van der Waals surface area contributed by atoms with Crippen molar-refractivity contribution >= 4 is 5.97 Å². The summed E-state index contributed by atoms with van der Waals surface area (Å²) < 4.78 is 0. The first-order chi connectivity index (χ1) is 11.0. The van der Waals surface area contributed by atoms with Crippen LogP contribution in [0.1, 0.15) is 64.7 Å². The fraction of sp³-hybridized carbons (Fsp3) is 0.842. The smallest absolute Gasteiger partial charge is 0.303 e. The zero-order valence-electron chi connectivity index (χ0n) is 14.2. The van der Waals surface area contributed by atoms with Crippen molar-refractivity contribution in [2.45, 2.75) is 76.9 Å². The molecule has 2 aliphatic rings. The maximum absolute atomic E-state index is 10.7. The fourth-order valence-electron chi connectivity index (χ4n) is 4.56. The molecule has 2 rings (SSSR count). The molecule has 0 aromatic carbocycles. The number of aliphatic hydroxyl groups is 2. The van der Waals surface area contributed by atoms with Crippen LogP contribution in [-0.2, 0) is 4.79 Å². The standard InChI is InChI=1S/C19H32O4/c1-2-3-4-5-15(20)7-8-16-17-11-13(6-9-19(22)23)10-14(17)12-18(16)21/h7-8,13-18,20-21H,2-6,9-12H2,1H3,(H,22,23)/b8-7+/t13?,14-,15-,16+,17-,18+/m0/s1. The molecule has 1 unspecified atom stereocenters. The monoisotopic (exact) mass is 324 g/mol. The molecule has 0 spiro atoms. The predicted octanol–water partition coefficient (Wildman–Crippen LogP) is 3.37. The van der Waals surface area contributed by atoms with Gasteiger partial charge in [0.2, 0.25) is 0 Å². The molecule has 23 heavy (non-hydrogen) atoms. The Balaban J connectivity index is 1.83. The molecule has 2 aliphatic carbocycles. The van der Waals surface area contributed by atoms with Gasteiger partial charge in [0.25, 0.3) is 0 Å². The average Bonchev–Trinajstić information content (AvgIpc) is 3.00. The van der Waals surface area contributed by atoms with Crippen LogP contribution in [0.4, 0.5) is 0 Å². The van der Waals surface area contributed by atoms with Crippen LogP contribution < -0.4 is 0 Å². The van der Waals surface area contributed by atoms with E-state index in [1.165, 1.54) is 0 Å². The van der Waals surface area contributed by atoms with Crippen LogP contribution in [0.5, 0.6) is 0 Å². The van der Waals surface area contributed by atoms with E-state index in [4.69, 9.17) is 5.11 Å². The topological polar surface area (TPSA) is 77.8 Å². The zero-order valence-corrected chi connectivity index (χ0v) is 14.2. The molecule has 0 radical (unpaired) electrons. The number of carboxylic acid groups (broad SMARTS) is 1. The molecule has 4 nitrogen and oxygen atoms in total. The summed E-state index contributed by atoms with van der Waals surface area (Å²) in [6.45, 7) is 2.15. The lowest BCUT2D eigenvalue weighted by atomic mass is 9.89. The Hall–Kier alpha value is -0.870. The third kappa shape index (κ3) is 5.32.